The van der Waals surface area contributed by atoms with E-state index in [0.717, 1.165) is 11.3 Å². The SMILES string of the molecule is Cc1cc(NC(=O)CSCC(=O)Nc2cc(C)on2)n(Cc2ccccc2)n1. The molecule has 1 aromatic carbocycles. The van der Waals surface area contributed by atoms with E-state index in [9.17, 15) is 9.59 Å². The first-order valence-corrected chi connectivity index (χ1v) is 9.84. The number of hydrogen-bond acceptors (Lipinski definition) is 6. The smallest absolute Gasteiger partial charge is 0.235 e. The van der Waals surface area contributed by atoms with E-state index in [2.05, 4.69) is 20.9 Å². The lowest BCUT2D eigenvalue weighted by Gasteiger charge is -2.09. The number of anilines is 2. The van der Waals surface area contributed by atoms with Gasteiger partial charge < -0.3 is 15.2 Å². The number of rotatable bonds is 8. The van der Waals surface area contributed by atoms with Crippen molar-refractivity contribution in [2.75, 3.05) is 22.1 Å². The van der Waals surface area contributed by atoms with Crippen LogP contribution in [0.3, 0.4) is 0 Å². The molecule has 3 rings (SSSR count). The molecule has 146 valence electrons. The van der Waals surface area contributed by atoms with Gasteiger partial charge in [0.1, 0.15) is 11.6 Å². The number of thioether (sulfide) groups is 1. The van der Waals surface area contributed by atoms with Gasteiger partial charge in [-0.1, -0.05) is 35.5 Å². The summed E-state index contributed by atoms with van der Waals surface area (Å²) in [5.74, 6) is 1.48. The molecular weight excluding hydrogens is 378 g/mol. The number of carbonyl (C=O) groups excluding carboxylic acids is 2. The average molecular weight is 399 g/mol. The van der Waals surface area contributed by atoms with Gasteiger partial charge in [-0.2, -0.15) is 5.10 Å². The van der Waals surface area contributed by atoms with Gasteiger partial charge in [0.05, 0.1) is 23.7 Å². The summed E-state index contributed by atoms with van der Waals surface area (Å²) in [6, 6.07) is 13.4. The highest BCUT2D eigenvalue weighted by Crippen LogP contribution is 2.14. The summed E-state index contributed by atoms with van der Waals surface area (Å²) in [5, 5.41) is 13.6. The van der Waals surface area contributed by atoms with Gasteiger partial charge in [0.25, 0.3) is 0 Å². The molecule has 0 fully saturated rings. The zero-order valence-electron chi connectivity index (χ0n) is 15.6. The second kappa shape index (κ2) is 9.23. The summed E-state index contributed by atoms with van der Waals surface area (Å²) in [6.07, 6.45) is 0. The van der Waals surface area contributed by atoms with Gasteiger partial charge >= 0.3 is 0 Å². The molecule has 0 spiro atoms. The summed E-state index contributed by atoms with van der Waals surface area (Å²) in [7, 11) is 0. The number of aromatic nitrogens is 3. The number of amides is 2. The predicted octanol–water partition coefficient (Wildman–Crippen LogP) is 2.85. The molecule has 0 aliphatic rings. The van der Waals surface area contributed by atoms with E-state index in [4.69, 9.17) is 4.52 Å². The molecule has 3 aromatic rings. The Balaban J connectivity index is 1.47. The largest absolute Gasteiger partial charge is 0.360 e. The van der Waals surface area contributed by atoms with Crippen molar-refractivity contribution in [3.8, 4) is 0 Å². The lowest BCUT2D eigenvalue weighted by atomic mass is 10.2. The minimum absolute atomic E-state index is 0.141. The lowest BCUT2D eigenvalue weighted by molar-refractivity contribution is -0.114. The molecule has 28 heavy (non-hydrogen) atoms. The van der Waals surface area contributed by atoms with Crippen LogP contribution in [0.1, 0.15) is 17.0 Å². The van der Waals surface area contributed by atoms with Crippen molar-refractivity contribution in [2.45, 2.75) is 20.4 Å². The maximum Gasteiger partial charge on any atom is 0.235 e. The number of hydrogen-bond donors (Lipinski definition) is 2. The zero-order chi connectivity index (χ0) is 19.9. The quantitative estimate of drug-likeness (QED) is 0.604. The Bertz CT molecular complexity index is 952. The number of aryl methyl sites for hydroxylation is 2. The van der Waals surface area contributed by atoms with Crippen molar-refractivity contribution in [3.05, 3.63) is 59.5 Å². The highest BCUT2D eigenvalue weighted by Gasteiger charge is 2.12. The third-order valence-electron chi connectivity index (χ3n) is 3.71. The van der Waals surface area contributed by atoms with Crippen LogP contribution < -0.4 is 10.6 Å². The molecular formula is C19H21N5O3S. The van der Waals surface area contributed by atoms with Crippen molar-refractivity contribution in [1.82, 2.24) is 14.9 Å². The highest BCUT2D eigenvalue weighted by atomic mass is 32.2. The molecule has 0 bridgehead atoms. The van der Waals surface area contributed by atoms with Crippen molar-refractivity contribution >= 4 is 35.2 Å². The van der Waals surface area contributed by atoms with Gasteiger partial charge in [0.2, 0.25) is 11.8 Å². The zero-order valence-corrected chi connectivity index (χ0v) is 16.5. The predicted molar refractivity (Wildman–Crippen MR) is 108 cm³/mol. The Morgan fingerprint density at radius 1 is 1.07 bits per heavy atom. The fraction of sp³-hybridized carbons (Fsp3) is 0.263. The summed E-state index contributed by atoms with van der Waals surface area (Å²) in [5.41, 5.74) is 1.91. The van der Waals surface area contributed by atoms with Crippen molar-refractivity contribution in [3.63, 3.8) is 0 Å². The van der Waals surface area contributed by atoms with Gasteiger partial charge in [-0.25, -0.2) is 4.68 Å². The molecule has 0 saturated carbocycles. The van der Waals surface area contributed by atoms with Crippen LogP contribution in [0.5, 0.6) is 0 Å². The molecule has 0 aliphatic heterocycles. The Kier molecular flexibility index (Phi) is 6.49. The molecule has 0 atom stereocenters. The Morgan fingerprint density at radius 3 is 2.46 bits per heavy atom. The molecule has 0 aliphatic carbocycles. The van der Waals surface area contributed by atoms with Crippen LogP contribution in [0.25, 0.3) is 0 Å². The van der Waals surface area contributed by atoms with Gasteiger partial charge in [-0.15, -0.1) is 11.8 Å². The Labute approximate surface area is 166 Å². The van der Waals surface area contributed by atoms with Gasteiger partial charge in [-0.3, -0.25) is 9.59 Å². The maximum absolute atomic E-state index is 12.2. The minimum atomic E-state index is -0.240. The molecule has 0 unspecified atom stereocenters. The van der Waals surface area contributed by atoms with Crippen molar-refractivity contribution in [1.29, 1.82) is 0 Å². The highest BCUT2D eigenvalue weighted by molar-refractivity contribution is 8.00. The summed E-state index contributed by atoms with van der Waals surface area (Å²) < 4.78 is 6.64. The number of benzene rings is 1. The number of carbonyl (C=O) groups is 2. The molecule has 8 nitrogen and oxygen atoms in total. The summed E-state index contributed by atoms with van der Waals surface area (Å²) in [6.45, 7) is 4.19. The van der Waals surface area contributed by atoms with Crippen LogP contribution in [0, 0.1) is 13.8 Å². The number of nitrogens with zero attached hydrogens (tertiary/aromatic N) is 3. The van der Waals surface area contributed by atoms with Crippen LogP contribution in [-0.4, -0.2) is 38.3 Å². The maximum atomic E-state index is 12.2. The topological polar surface area (TPSA) is 102 Å². The minimum Gasteiger partial charge on any atom is -0.360 e. The fourth-order valence-electron chi connectivity index (χ4n) is 2.54. The Morgan fingerprint density at radius 2 is 1.79 bits per heavy atom. The average Bonchev–Trinajstić information content (AvgIpc) is 3.21. The first-order chi connectivity index (χ1) is 13.5. The molecule has 0 radical (unpaired) electrons. The fourth-order valence-corrected chi connectivity index (χ4v) is 3.16. The van der Waals surface area contributed by atoms with Crippen LogP contribution >= 0.6 is 11.8 Å². The first kappa shape index (κ1) is 19.7. The monoisotopic (exact) mass is 399 g/mol. The molecule has 2 amide bonds. The van der Waals surface area contributed by atoms with E-state index < -0.39 is 0 Å². The summed E-state index contributed by atoms with van der Waals surface area (Å²) in [4.78, 5) is 24.1. The van der Waals surface area contributed by atoms with Crippen LogP contribution in [0.15, 0.2) is 47.0 Å². The van der Waals surface area contributed by atoms with E-state index in [1.54, 1.807) is 17.7 Å². The molecule has 2 aromatic heterocycles. The van der Waals surface area contributed by atoms with Crippen molar-refractivity contribution in [2.24, 2.45) is 0 Å². The third kappa shape index (κ3) is 5.71. The second-order valence-electron chi connectivity index (χ2n) is 6.23. The molecule has 2 N–H and O–H groups in total. The van der Waals surface area contributed by atoms with Gasteiger partial charge in [0.15, 0.2) is 5.82 Å². The van der Waals surface area contributed by atoms with Crippen molar-refractivity contribution < 1.29 is 14.1 Å². The lowest BCUT2D eigenvalue weighted by Crippen LogP contribution is -2.20. The standard InChI is InChI=1S/C19H21N5O3S/c1-13-8-17(24(22-13)10-15-6-4-3-5-7-15)21-19(26)12-28-11-18(25)20-16-9-14(2)27-23-16/h3-9H,10-12H2,1-2H3,(H,21,26)(H,20,23,25). The van der Waals surface area contributed by atoms with E-state index in [-0.39, 0.29) is 23.3 Å². The van der Waals surface area contributed by atoms with E-state index in [1.807, 2.05) is 43.3 Å². The van der Waals surface area contributed by atoms with E-state index >= 15 is 0 Å². The van der Waals surface area contributed by atoms with Crippen LogP contribution in [-0.2, 0) is 16.1 Å². The summed E-state index contributed by atoms with van der Waals surface area (Å²) >= 11 is 1.22. The Hall–Kier alpha value is -3.07. The van der Waals surface area contributed by atoms with Gasteiger partial charge in [0, 0.05) is 12.1 Å². The normalized spacial score (nSPS) is 10.6. The second-order valence-corrected chi connectivity index (χ2v) is 7.21. The molecule has 2 heterocycles. The molecule has 9 heteroatoms. The molecule has 0 saturated heterocycles. The van der Waals surface area contributed by atoms with E-state index in [1.165, 1.54) is 11.8 Å². The first-order valence-electron chi connectivity index (χ1n) is 8.69. The number of nitrogens with one attached hydrogen (secondary N) is 2. The van der Waals surface area contributed by atoms with Crippen LogP contribution in [0.4, 0.5) is 11.6 Å². The third-order valence-corrected chi connectivity index (χ3v) is 4.64. The van der Waals surface area contributed by atoms with Gasteiger partial charge in [-0.05, 0) is 19.4 Å². The van der Waals surface area contributed by atoms with Crippen LogP contribution in [0.2, 0.25) is 0 Å². The van der Waals surface area contributed by atoms with E-state index in [0.29, 0.717) is 23.9 Å².